The summed E-state index contributed by atoms with van der Waals surface area (Å²) in [5, 5.41) is 2.98. The lowest BCUT2D eigenvalue weighted by Crippen LogP contribution is -2.09. The Morgan fingerprint density at radius 2 is 1.57 bits per heavy atom. The number of nitrogen functional groups attached to an aromatic ring is 1. The van der Waals surface area contributed by atoms with Gasteiger partial charge >= 0.3 is 6.18 Å². The summed E-state index contributed by atoms with van der Waals surface area (Å²) in [5.74, 6) is 0. The van der Waals surface area contributed by atoms with Gasteiger partial charge < -0.3 is 11.1 Å². The molecule has 2 aromatic rings. The molecule has 0 aliphatic carbocycles. The van der Waals surface area contributed by atoms with E-state index in [2.05, 4.69) is 21.2 Å². The third kappa shape index (κ3) is 3.50. The van der Waals surface area contributed by atoms with Gasteiger partial charge in [0.2, 0.25) is 0 Å². The van der Waals surface area contributed by atoms with Crippen molar-refractivity contribution in [3.8, 4) is 0 Å². The number of nitrogens with one attached hydrogen (secondary N) is 1. The van der Waals surface area contributed by atoms with Crippen molar-refractivity contribution >= 4 is 33.0 Å². The summed E-state index contributed by atoms with van der Waals surface area (Å²) < 4.78 is 39.5. The molecule has 0 unspecified atom stereocenters. The summed E-state index contributed by atoms with van der Waals surface area (Å²) in [7, 11) is 0. The molecule has 0 aliphatic heterocycles. The number of alkyl halides is 3. The van der Waals surface area contributed by atoms with Gasteiger partial charge in [-0.2, -0.15) is 13.2 Å². The fourth-order valence-electron chi connectivity index (χ4n) is 2.06. The predicted octanol–water partition coefficient (Wildman–Crippen LogP) is 5.41. The van der Waals surface area contributed by atoms with Gasteiger partial charge in [-0.25, -0.2) is 0 Å². The third-order valence-electron chi connectivity index (χ3n) is 3.08. The molecular weight excluding hydrogens is 345 g/mol. The molecule has 0 heterocycles. The van der Waals surface area contributed by atoms with E-state index in [4.69, 9.17) is 5.73 Å². The summed E-state index contributed by atoms with van der Waals surface area (Å²) in [5.41, 5.74) is 7.35. The van der Waals surface area contributed by atoms with Crippen molar-refractivity contribution in [3.63, 3.8) is 0 Å². The highest BCUT2D eigenvalue weighted by Crippen LogP contribution is 2.36. The third-order valence-corrected chi connectivity index (χ3v) is 4.33. The maximum atomic E-state index is 12.8. The molecule has 0 saturated carbocycles. The molecular formula is C15H14BrF3N2. The van der Waals surface area contributed by atoms with Crippen LogP contribution in [-0.2, 0) is 6.18 Å². The van der Waals surface area contributed by atoms with E-state index >= 15 is 0 Å². The van der Waals surface area contributed by atoms with Crippen molar-refractivity contribution in [2.24, 2.45) is 0 Å². The molecule has 0 spiro atoms. The van der Waals surface area contributed by atoms with Gasteiger partial charge in [0.25, 0.3) is 0 Å². The molecule has 21 heavy (non-hydrogen) atoms. The molecule has 0 aromatic heterocycles. The Kier molecular flexibility index (Phi) is 4.18. The van der Waals surface area contributed by atoms with Crippen molar-refractivity contribution < 1.29 is 13.2 Å². The van der Waals surface area contributed by atoms with E-state index in [1.165, 1.54) is 12.1 Å². The molecule has 6 heteroatoms. The summed E-state index contributed by atoms with van der Waals surface area (Å²) >= 11 is 3.45. The van der Waals surface area contributed by atoms with Crippen molar-refractivity contribution in [3.05, 3.63) is 51.5 Å². The van der Waals surface area contributed by atoms with Gasteiger partial charge in [-0.05, 0) is 55.3 Å². The Morgan fingerprint density at radius 1 is 1.00 bits per heavy atom. The van der Waals surface area contributed by atoms with Gasteiger partial charge in [0.1, 0.15) is 0 Å². The molecule has 112 valence electrons. The number of halogens is 4. The number of benzene rings is 2. The number of rotatable bonds is 2. The molecule has 2 aromatic carbocycles. The molecule has 0 amide bonds. The lowest BCUT2D eigenvalue weighted by Gasteiger charge is -2.14. The minimum absolute atomic E-state index is 0.281. The van der Waals surface area contributed by atoms with Crippen LogP contribution < -0.4 is 11.1 Å². The van der Waals surface area contributed by atoms with Crippen LogP contribution in [0.1, 0.15) is 16.7 Å². The van der Waals surface area contributed by atoms with Crippen LogP contribution in [-0.4, -0.2) is 0 Å². The second-order valence-electron chi connectivity index (χ2n) is 4.85. The topological polar surface area (TPSA) is 38.0 Å². The van der Waals surface area contributed by atoms with Crippen LogP contribution in [0.4, 0.5) is 30.2 Å². The largest absolute Gasteiger partial charge is 0.418 e. The SMILES string of the molecule is Cc1cc(Nc2ccc(N)c(C(F)(F)F)c2)cc(C)c1Br. The first-order valence-corrected chi connectivity index (χ1v) is 6.98. The molecule has 2 nitrogen and oxygen atoms in total. The van der Waals surface area contributed by atoms with Crippen molar-refractivity contribution in [1.82, 2.24) is 0 Å². The number of aryl methyl sites for hydroxylation is 2. The number of hydrogen-bond acceptors (Lipinski definition) is 2. The van der Waals surface area contributed by atoms with Gasteiger partial charge in [0.05, 0.1) is 5.56 Å². The van der Waals surface area contributed by atoms with E-state index in [9.17, 15) is 13.2 Å². The molecule has 0 fully saturated rings. The lowest BCUT2D eigenvalue weighted by molar-refractivity contribution is -0.136. The second-order valence-corrected chi connectivity index (χ2v) is 5.64. The van der Waals surface area contributed by atoms with Crippen LogP contribution in [0, 0.1) is 13.8 Å². The molecule has 0 bridgehead atoms. The van der Waals surface area contributed by atoms with Crippen LogP contribution in [0.5, 0.6) is 0 Å². The molecule has 3 N–H and O–H groups in total. The van der Waals surface area contributed by atoms with Crippen molar-refractivity contribution in [2.75, 3.05) is 11.1 Å². The minimum atomic E-state index is -4.46. The van der Waals surface area contributed by atoms with Gasteiger partial charge in [-0.15, -0.1) is 0 Å². The van der Waals surface area contributed by atoms with E-state index < -0.39 is 11.7 Å². The highest BCUT2D eigenvalue weighted by molar-refractivity contribution is 9.10. The number of hydrogen-bond donors (Lipinski definition) is 2. The Morgan fingerprint density at radius 3 is 2.10 bits per heavy atom. The van der Waals surface area contributed by atoms with Gasteiger partial charge in [-0.1, -0.05) is 15.9 Å². The maximum Gasteiger partial charge on any atom is 0.418 e. The molecule has 0 radical (unpaired) electrons. The number of anilines is 3. The quantitative estimate of drug-likeness (QED) is 0.704. The first kappa shape index (κ1) is 15.7. The molecule has 2 rings (SSSR count). The maximum absolute atomic E-state index is 12.8. The fraction of sp³-hybridized carbons (Fsp3) is 0.200. The first-order valence-electron chi connectivity index (χ1n) is 6.19. The van der Waals surface area contributed by atoms with E-state index in [0.717, 1.165) is 27.4 Å². The van der Waals surface area contributed by atoms with Crippen molar-refractivity contribution in [2.45, 2.75) is 20.0 Å². The smallest absolute Gasteiger partial charge is 0.398 e. The summed E-state index contributed by atoms with van der Waals surface area (Å²) in [4.78, 5) is 0. The zero-order valence-electron chi connectivity index (χ0n) is 11.5. The first-order chi connectivity index (χ1) is 9.68. The Bertz CT molecular complexity index is 658. The van der Waals surface area contributed by atoms with Gasteiger partial charge in [0, 0.05) is 21.5 Å². The molecule has 0 aliphatic rings. The summed E-state index contributed by atoms with van der Waals surface area (Å²) in [6, 6.07) is 7.52. The van der Waals surface area contributed by atoms with Crippen LogP contribution in [0.2, 0.25) is 0 Å². The van der Waals surface area contributed by atoms with E-state index in [-0.39, 0.29) is 5.69 Å². The Labute approximate surface area is 129 Å². The molecule has 0 atom stereocenters. The lowest BCUT2D eigenvalue weighted by atomic mass is 10.1. The fourth-order valence-corrected chi connectivity index (χ4v) is 2.29. The van der Waals surface area contributed by atoms with Crippen LogP contribution in [0.3, 0.4) is 0 Å². The van der Waals surface area contributed by atoms with Crippen LogP contribution in [0.15, 0.2) is 34.8 Å². The second kappa shape index (κ2) is 5.60. The minimum Gasteiger partial charge on any atom is -0.398 e. The summed E-state index contributed by atoms with van der Waals surface area (Å²) in [6.07, 6.45) is -4.46. The standard InChI is InChI=1S/C15H14BrF3N2/c1-8-5-11(6-9(2)14(8)16)21-10-3-4-13(20)12(7-10)15(17,18)19/h3-7,21H,20H2,1-2H3. The van der Waals surface area contributed by atoms with Gasteiger partial charge in [-0.3, -0.25) is 0 Å². The Hall–Kier alpha value is -1.69. The van der Waals surface area contributed by atoms with Gasteiger partial charge in [0.15, 0.2) is 0 Å². The van der Waals surface area contributed by atoms with E-state index in [1.54, 1.807) is 0 Å². The van der Waals surface area contributed by atoms with Crippen LogP contribution in [0.25, 0.3) is 0 Å². The zero-order chi connectivity index (χ0) is 15.8. The van der Waals surface area contributed by atoms with Crippen molar-refractivity contribution in [1.29, 1.82) is 0 Å². The summed E-state index contributed by atoms with van der Waals surface area (Å²) in [6.45, 7) is 3.85. The zero-order valence-corrected chi connectivity index (χ0v) is 13.1. The highest BCUT2D eigenvalue weighted by atomic mass is 79.9. The number of nitrogens with two attached hydrogens (primary N) is 1. The Balaban J connectivity index is 2.37. The van der Waals surface area contributed by atoms with Crippen LogP contribution >= 0.6 is 15.9 Å². The van der Waals surface area contributed by atoms with E-state index in [1.807, 2.05) is 26.0 Å². The normalized spacial score (nSPS) is 11.5. The monoisotopic (exact) mass is 358 g/mol. The average molecular weight is 359 g/mol. The highest BCUT2D eigenvalue weighted by Gasteiger charge is 2.33. The molecule has 0 saturated heterocycles. The van der Waals surface area contributed by atoms with E-state index in [0.29, 0.717) is 5.69 Å². The predicted molar refractivity (Wildman–Crippen MR) is 82.8 cm³/mol. The average Bonchev–Trinajstić information content (AvgIpc) is 2.37.